The molecule has 0 radical (unpaired) electrons. The van der Waals surface area contributed by atoms with E-state index in [4.69, 9.17) is 15.7 Å². The van der Waals surface area contributed by atoms with Crippen molar-refractivity contribution in [2.45, 2.75) is 32.4 Å². The van der Waals surface area contributed by atoms with Crippen molar-refractivity contribution in [3.8, 4) is 11.8 Å². The van der Waals surface area contributed by atoms with E-state index in [1.54, 1.807) is 18.2 Å². The van der Waals surface area contributed by atoms with Gasteiger partial charge in [0.25, 0.3) is 0 Å². The number of aliphatic hydroxyl groups is 1. The quantitative estimate of drug-likeness (QED) is 0.706. The van der Waals surface area contributed by atoms with Crippen LogP contribution in [0.5, 0.6) is 5.75 Å². The fraction of sp³-hybridized carbons (Fsp3) is 0.533. The van der Waals surface area contributed by atoms with Crippen LogP contribution in [0, 0.1) is 11.3 Å². The van der Waals surface area contributed by atoms with Gasteiger partial charge >= 0.3 is 0 Å². The Labute approximate surface area is 120 Å². The highest BCUT2D eigenvalue weighted by molar-refractivity contribution is 5.43. The summed E-state index contributed by atoms with van der Waals surface area (Å²) in [6, 6.07) is 9.53. The lowest BCUT2D eigenvalue weighted by Crippen LogP contribution is -2.40. The van der Waals surface area contributed by atoms with Gasteiger partial charge < -0.3 is 15.6 Å². The third kappa shape index (κ3) is 5.91. The topological polar surface area (TPSA) is 82.5 Å². The summed E-state index contributed by atoms with van der Waals surface area (Å²) in [5, 5.41) is 18.7. The molecule has 0 fully saturated rings. The first-order chi connectivity index (χ1) is 9.52. The van der Waals surface area contributed by atoms with Gasteiger partial charge in [0, 0.05) is 37.3 Å². The maximum absolute atomic E-state index is 10.0. The van der Waals surface area contributed by atoms with Crippen molar-refractivity contribution < 1.29 is 9.84 Å². The number of hydrogen-bond acceptors (Lipinski definition) is 5. The van der Waals surface area contributed by atoms with Crippen LogP contribution in [0.4, 0.5) is 5.69 Å². The number of rotatable bonds is 8. The Kier molecular flexibility index (Phi) is 6.85. The van der Waals surface area contributed by atoms with Crippen molar-refractivity contribution in [1.29, 1.82) is 5.26 Å². The molecule has 5 nitrogen and oxygen atoms in total. The molecule has 1 unspecified atom stereocenters. The minimum atomic E-state index is -0.600. The van der Waals surface area contributed by atoms with Crippen molar-refractivity contribution in [3.63, 3.8) is 0 Å². The van der Waals surface area contributed by atoms with Gasteiger partial charge in [0.2, 0.25) is 0 Å². The summed E-state index contributed by atoms with van der Waals surface area (Å²) < 4.78 is 5.51. The molecule has 0 heterocycles. The lowest BCUT2D eigenvalue weighted by atomic mass is 10.2. The Balaban J connectivity index is 2.41. The normalized spacial score (nSPS) is 12.4. The maximum atomic E-state index is 10.0. The van der Waals surface area contributed by atoms with E-state index in [0.29, 0.717) is 30.9 Å². The van der Waals surface area contributed by atoms with Crippen molar-refractivity contribution >= 4 is 5.69 Å². The molecule has 0 bridgehead atoms. The van der Waals surface area contributed by atoms with E-state index in [1.807, 2.05) is 19.9 Å². The van der Waals surface area contributed by atoms with E-state index in [9.17, 15) is 5.11 Å². The zero-order valence-electron chi connectivity index (χ0n) is 12.1. The molecule has 1 rings (SSSR count). The van der Waals surface area contributed by atoms with Gasteiger partial charge in [0.15, 0.2) is 0 Å². The molecule has 0 aliphatic carbocycles. The number of anilines is 1. The minimum absolute atomic E-state index is 0.208. The molecule has 3 N–H and O–H groups in total. The Hall–Kier alpha value is -1.77. The van der Waals surface area contributed by atoms with Crippen LogP contribution in [-0.4, -0.2) is 41.8 Å². The lowest BCUT2D eigenvalue weighted by molar-refractivity contribution is 0.0584. The number of nitrogen functional groups attached to an aromatic ring is 1. The molecule has 0 aromatic heterocycles. The zero-order valence-corrected chi connectivity index (χ0v) is 12.1. The highest BCUT2D eigenvalue weighted by Gasteiger charge is 2.15. The van der Waals surface area contributed by atoms with Crippen LogP contribution in [0.25, 0.3) is 0 Å². The van der Waals surface area contributed by atoms with Gasteiger partial charge in [-0.15, -0.1) is 0 Å². The Bertz CT molecular complexity index is 443. The van der Waals surface area contributed by atoms with E-state index >= 15 is 0 Å². The number of nitriles is 1. The van der Waals surface area contributed by atoms with Crippen molar-refractivity contribution in [2.24, 2.45) is 0 Å². The SMILES string of the molecule is CC(C)N(CCC#N)CC(O)COc1cccc(N)c1. The van der Waals surface area contributed by atoms with Gasteiger partial charge in [-0.25, -0.2) is 0 Å². The number of hydrogen-bond donors (Lipinski definition) is 2. The first-order valence-electron chi connectivity index (χ1n) is 6.80. The molecule has 0 spiro atoms. The molecular weight excluding hydrogens is 254 g/mol. The Morgan fingerprint density at radius 1 is 1.45 bits per heavy atom. The van der Waals surface area contributed by atoms with Crippen LogP contribution in [-0.2, 0) is 0 Å². The summed E-state index contributed by atoms with van der Waals surface area (Å²) >= 11 is 0. The monoisotopic (exact) mass is 277 g/mol. The molecular formula is C15H23N3O2. The summed E-state index contributed by atoms with van der Waals surface area (Å²) in [5.74, 6) is 0.650. The van der Waals surface area contributed by atoms with Crippen LogP contribution in [0.15, 0.2) is 24.3 Å². The van der Waals surface area contributed by atoms with E-state index in [0.717, 1.165) is 0 Å². The second-order valence-corrected chi connectivity index (χ2v) is 5.03. The number of aliphatic hydroxyl groups excluding tert-OH is 1. The molecule has 0 aliphatic rings. The van der Waals surface area contributed by atoms with Crippen LogP contribution < -0.4 is 10.5 Å². The average Bonchev–Trinajstić information content (AvgIpc) is 2.41. The second-order valence-electron chi connectivity index (χ2n) is 5.03. The smallest absolute Gasteiger partial charge is 0.121 e. The number of benzene rings is 1. The molecule has 1 aromatic carbocycles. The number of nitrogens with zero attached hydrogens (tertiary/aromatic N) is 2. The molecule has 5 heteroatoms. The second kappa shape index (κ2) is 8.41. The van der Waals surface area contributed by atoms with E-state index in [1.165, 1.54) is 0 Å². The average molecular weight is 277 g/mol. The fourth-order valence-corrected chi connectivity index (χ4v) is 1.87. The Morgan fingerprint density at radius 2 is 2.20 bits per heavy atom. The van der Waals surface area contributed by atoms with Crippen molar-refractivity contribution in [1.82, 2.24) is 4.90 Å². The summed E-state index contributed by atoms with van der Waals surface area (Å²) in [6.45, 7) is 5.44. The molecule has 0 saturated carbocycles. The minimum Gasteiger partial charge on any atom is -0.491 e. The van der Waals surface area contributed by atoms with Crippen LogP contribution in [0.1, 0.15) is 20.3 Å². The number of ether oxygens (including phenoxy) is 1. The zero-order chi connectivity index (χ0) is 15.0. The summed E-state index contributed by atoms with van der Waals surface area (Å²) in [4.78, 5) is 2.07. The van der Waals surface area contributed by atoms with Crippen molar-refractivity contribution in [3.05, 3.63) is 24.3 Å². The molecule has 0 amide bonds. The molecule has 1 aromatic rings. The highest BCUT2D eigenvalue weighted by atomic mass is 16.5. The van der Waals surface area contributed by atoms with Gasteiger partial charge in [-0.05, 0) is 26.0 Å². The standard InChI is InChI=1S/C15H23N3O2/c1-12(2)18(8-4-7-16)10-14(19)11-20-15-6-3-5-13(17)9-15/h3,5-6,9,12,14,19H,4,8,10-11,17H2,1-2H3. The van der Waals surface area contributed by atoms with E-state index in [2.05, 4.69) is 11.0 Å². The van der Waals surface area contributed by atoms with Crippen LogP contribution in [0.2, 0.25) is 0 Å². The van der Waals surface area contributed by atoms with Gasteiger partial charge in [-0.2, -0.15) is 5.26 Å². The number of nitrogens with two attached hydrogens (primary N) is 1. The van der Waals surface area contributed by atoms with Gasteiger partial charge in [0.1, 0.15) is 18.5 Å². The summed E-state index contributed by atoms with van der Waals surface area (Å²) in [5.41, 5.74) is 6.29. The lowest BCUT2D eigenvalue weighted by Gasteiger charge is -2.27. The van der Waals surface area contributed by atoms with Crippen LogP contribution >= 0.6 is 0 Å². The molecule has 0 aliphatic heterocycles. The third-order valence-corrected chi connectivity index (χ3v) is 2.99. The first-order valence-corrected chi connectivity index (χ1v) is 6.80. The van der Waals surface area contributed by atoms with Gasteiger partial charge in [-0.3, -0.25) is 4.90 Å². The Morgan fingerprint density at radius 3 is 2.80 bits per heavy atom. The predicted octanol–water partition coefficient (Wildman–Crippen LogP) is 1.63. The summed E-state index contributed by atoms with van der Waals surface area (Å²) in [7, 11) is 0. The third-order valence-electron chi connectivity index (χ3n) is 2.99. The van der Waals surface area contributed by atoms with E-state index < -0.39 is 6.10 Å². The van der Waals surface area contributed by atoms with Gasteiger partial charge in [0.05, 0.1) is 6.07 Å². The largest absolute Gasteiger partial charge is 0.491 e. The van der Waals surface area contributed by atoms with Crippen LogP contribution in [0.3, 0.4) is 0 Å². The van der Waals surface area contributed by atoms with Gasteiger partial charge in [-0.1, -0.05) is 6.07 Å². The van der Waals surface area contributed by atoms with Crippen molar-refractivity contribution in [2.75, 3.05) is 25.4 Å². The van der Waals surface area contributed by atoms with E-state index in [-0.39, 0.29) is 12.6 Å². The fourth-order valence-electron chi connectivity index (χ4n) is 1.87. The maximum Gasteiger partial charge on any atom is 0.121 e. The molecule has 0 saturated heterocycles. The molecule has 1 atom stereocenters. The molecule has 110 valence electrons. The summed E-state index contributed by atoms with van der Waals surface area (Å²) in [6.07, 6.45) is -0.140. The molecule has 20 heavy (non-hydrogen) atoms. The first kappa shape index (κ1) is 16.3. The predicted molar refractivity (Wildman–Crippen MR) is 79.3 cm³/mol. The highest BCUT2D eigenvalue weighted by Crippen LogP contribution is 2.14.